The largest absolute Gasteiger partial charge is 0.494 e. The second kappa shape index (κ2) is 17.3. The van der Waals surface area contributed by atoms with Gasteiger partial charge in [0.25, 0.3) is 5.91 Å². The number of para-hydroxylation sites is 1. The molecule has 6 aromatic rings. The first-order valence-corrected chi connectivity index (χ1v) is 22.0. The van der Waals surface area contributed by atoms with Crippen molar-refractivity contribution in [1.29, 1.82) is 0 Å². The number of aromatic nitrogens is 4. The van der Waals surface area contributed by atoms with Crippen molar-refractivity contribution in [3.8, 4) is 28.4 Å². The Bertz CT molecular complexity index is 2620. The Morgan fingerprint density at radius 2 is 1.65 bits per heavy atom. The first kappa shape index (κ1) is 40.8. The lowest BCUT2D eigenvalue weighted by Gasteiger charge is -2.43. The number of carbonyl (C=O) groups is 1. The van der Waals surface area contributed by atoms with Crippen molar-refractivity contribution in [2.24, 2.45) is 0 Å². The number of sulfone groups is 1. The lowest BCUT2D eigenvalue weighted by Crippen LogP contribution is -2.53. The maximum atomic E-state index is 14.4. The van der Waals surface area contributed by atoms with Gasteiger partial charge < -0.3 is 20.3 Å². The summed E-state index contributed by atoms with van der Waals surface area (Å²) in [5, 5.41) is 5.74. The minimum Gasteiger partial charge on any atom is -0.494 e. The van der Waals surface area contributed by atoms with E-state index in [1.165, 1.54) is 12.3 Å². The highest BCUT2D eigenvalue weighted by Crippen LogP contribution is 2.37. The highest BCUT2D eigenvalue weighted by atomic mass is 32.2. The number of benzene rings is 3. The van der Waals surface area contributed by atoms with Gasteiger partial charge in [-0.15, -0.1) is 0 Å². The van der Waals surface area contributed by atoms with E-state index in [-0.39, 0.29) is 11.3 Å². The molecule has 60 heavy (non-hydrogen) atoms. The fourth-order valence-corrected chi connectivity index (χ4v) is 8.72. The van der Waals surface area contributed by atoms with Crippen LogP contribution in [0.4, 0.5) is 31.8 Å². The van der Waals surface area contributed by atoms with E-state index in [2.05, 4.69) is 49.4 Å². The van der Waals surface area contributed by atoms with Crippen LogP contribution in [0.3, 0.4) is 0 Å². The average Bonchev–Trinajstić information content (AvgIpc) is 3.64. The number of nitrogens with one attached hydrogen (secondary N) is 2. The van der Waals surface area contributed by atoms with E-state index < -0.39 is 33.1 Å². The van der Waals surface area contributed by atoms with Crippen LogP contribution < -0.4 is 20.3 Å². The van der Waals surface area contributed by atoms with Gasteiger partial charge in [-0.2, -0.15) is 0 Å². The highest BCUT2D eigenvalue weighted by molar-refractivity contribution is 7.90. The van der Waals surface area contributed by atoms with Crippen LogP contribution in [-0.2, 0) is 9.84 Å². The molecule has 0 unspecified atom stereocenters. The first-order valence-electron chi connectivity index (χ1n) is 19.9. The Morgan fingerprint density at radius 3 is 2.38 bits per heavy atom. The van der Waals surface area contributed by atoms with Crippen LogP contribution in [0.1, 0.15) is 28.8 Å². The molecule has 2 aliphatic rings. The fraction of sp³-hybridized carbons (Fsp3) is 0.318. The summed E-state index contributed by atoms with van der Waals surface area (Å²) in [5.74, 6) is -1.22. The van der Waals surface area contributed by atoms with Crippen molar-refractivity contribution in [2.75, 3.05) is 80.5 Å². The molecule has 0 atom stereocenters. The smallest absolute Gasteiger partial charge is 0.255 e. The van der Waals surface area contributed by atoms with Gasteiger partial charge >= 0.3 is 0 Å². The molecule has 5 heterocycles. The molecule has 2 fully saturated rings. The Labute approximate surface area is 348 Å². The molecule has 2 aliphatic heterocycles. The maximum Gasteiger partial charge on any atom is 0.255 e. The zero-order valence-corrected chi connectivity index (χ0v) is 34.6. The minimum absolute atomic E-state index is 0.192. The number of ether oxygens (including phenoxy) is 1. The number of hydrogen-bond acceptors (Lipinski definition) is 11. The van der Waals surface area contributed by atoms with Gasteiger partial charge in [-0.25, -0.2) is 32.2 Å². The molecule has 0 radical (unpaired) electrons. The number of nitrogens with zero attached hydrogens (tertiary/aromatic N) is 7. The number of piperidine rings is 1. The van der Waals surface area contributed by atoms with E-state index in [1.807, 2.05) is 34.9 Å². The van der Waals surface area contributed by atoms with Gasteiger partial charge in [0.15, 0.2) is 0 Å². The van der Waals surface area contributed by atoms with Gasteiger partial charge in [0.2, 0.25) is 5.95 Å². The molecule has 13 nitrogen and oxygen atoms in total. The molecule has 8 rings (SSSR count). The van der Waals surface area contributed by atoms with Crippen molar-refractivity contribution in [3.63, 3.8) is 0 Å². The van der Waals surface area contributed by atoms with Crippen molar-refractivity contribution in [2.45, 2.75) is 25.8 Å². The number of pyridine rings is 1. The summed E-state index contributed by atoms with van der Waals surface area (Å²) in [6.07, 6.45) is 6.93. The van der Waals surface area contributed by atoms with E-state index in [0.717, 1.165) is 75.5 Å². The third kappa shape index (κ3) is 8.95. The zero-order valence-electron chi connectivity index (χ0n) is 33.7. The van der Waals surface area contributed by atoms with Crippen LogP contribution >= 0.6 is 0 Å². The van der Waals surface area contributed by atoms with Gasteiger partial charge in [-0.05, 0) is 73.9 Å². The summed E-state index contributed by atoms with van der Waals surface area (Å²) < 4.78 is 59.8. The highest BCUT2D eigenvalue weighted by Gasteiger charge is 2.29. The fourth-order valence-electron chi connectivity index (χ4n) is 8.13. The second-order valence-corrected chi connectivity index (χ2v) is 17.6. The number of imidazole rings is 1. The Morgan fingerprint density at radius 1 is 0.900 bits per heavy atom. The number of methoxy groups -OCH3 is 1. The molecule has 3 aromatic heterocycles. The number of halogens is 2. The molecule has 2 saturated heterocycles. The van der Waals surface area contributed by atoms with Crippen molar-refractivity contribution in [1.82, 2.24) is 29.2 Å². The van der Waals surface area contributed by atoms with Gasteiger partial charge in [-0.1, -0.05) is 24.3 Å². The van der Waals surface area contributed by atoms with Gasteiger partial charge in [0.05, 0.1) is 35.6 Å². The molecular weight excluding hydrogens is 789 g/mol. The molecule has 16 heteroatoms. The number of piperazine rings is 1. The lowest BCUT2D eigenvalue weighted by atomic mass is 10.0. The topological polar surface area (TPSA) is 137 Å². The molecule has 3 aromatic carbocycles. The maximum absolute atomic E-state index is 14.4. The predicted molar refractivity (Wildman–Crippen MR) is 230 cm³/mol. The van der Waals surface area contributed by atoms with Crippen LogP contribution in [0, 0.1) is 18.6 Å². The van der Waals surface area contributed by atoms with Crippen LogP contribution in [0.25, 0.3) is 28.3 Å². The normalized spacial score (nSPS) is 15.7. The third-order valence-electron chi connectivity index (χ3n) is 11.3. The van der Waals surface area contributed by atoms with Gasteiger partial charge in [0, 0.05) is 93.4 Å². The summed E-state index contributed by atoms with van der Waals surface area (Å²) in [4.78, 5) is 34.8. The summed E-state index contributed by atoms with van der Waals surface area (Å²) in [5.41, 5.74) is 5.60. The Hall–Kier alpha value is -5.97. The van der Waals surface area contributed by atoms with Crippen LogP contribution in [-0.4, -0.2) is 114 Å². The first-order chi connectivity index (χ1) is 28.9. The number of hydrogen-bond donors (Lipinski definition) is 2. The number of amides is 1. The SMILES string of the molecule is COc1cc(N2CCC(N3CCN(CCS(C)(=O)=O)CC3)CC2)c(C)cc1Nc1nccc(-c2c(-c3cccc(C(=O)Nc4c(F)cccc4F)c3)nc3ccccn23)n1. The molecule has 0 aliphatic carbocycles. The number of rotatable bonds is 12. The molecule has 312 valence electrons. The Kier molecular flexibility index (Phi) is 11.8. The quantitative estimate of drug-likeness (QED) is 0.137. The molecule has 1 amide bonds. The molecule has 0 bridgehead atoms. The number of fused-ring (bicyclic) bond motifs is 1. The van der Waals surface area contributed by atoms with E-state index >= 15 is 0 Å². The average molecular weight is 836 g/mol. The van der Waals surface area contributed by atoms with Crippen LogP contribution in [0.15, 0.2) is 91.3 Å². The third-order valence-corrected chi connectivity index (χ3v) is 12.2. The standard InChI is InChI=1S/C44H47F2N9O4S/c1-29-26-36(38(59-2)28-37(29)54-18-14-32(15-19-54)53-22-20-52(21-23-53)24-25-60(3,57)58)49-44-47-16-13-35(48-44)42-40(50-39-12-4-5-17-55(39)42)30-8-6-9-31(27-30)43(56)51-41-33(45)10-7-11-34(41)46/h4-13,16-17,26-28,32H,14-15,18-25H2,1-3H3,(H,51,56)(H,47,48,49). The lowest BCUT2D eigenvalue weighted by molar-refractivity contribution is 0.0882. The second-order valence-electron chi connectivity index (χ2n) is 15.3. The van der Waals surface area contributed by atoms with E-state index in [9.17, 15) is 22.0 Å². The summed E-state index contributed by atoms with van der Waals surface area (Å²) in [6.45, 7) is 8.22. The van der Waals surface area contributed by atoms with E-state index in [1.54, 1.807) is 37.6 Å². The summed E-state index contributed by atoms with van der Waals surface area (Å²) >= 11 is 0. The van der Waals surface area contributed by atoms with Crippen LogP contribution in [0.2, 0.25) is 0 Å². The van der Waals surface area contributed by atoms with Gasteiger partial charge in [0.1, 0.15) is 38.6 Å². The minimum atomic E-state index is -2.96. The van der Waals surface area contributed by atoms with E-state index in [0.29, 0.717) is 58.3 Å². The molecule has 0 saturated carbocycles. The predicted octanol–water partition coefficient (Wildman–Crippen LogP) is 6.68. The van der Waals surface area contributed by atoms with Crippen molar-refractivity contribution < 1.29 is 26.7 Å². The van der Waals surface area contributed by atoms with Gasteiger partial charge in [-0.3, -0.25) is 19.0 Å². The Balaban J connectivity index is 0.990. The molecule has 2 N–H and O–H groups in total. The number of anilines is 4. The van der Waals surface area contributed by atoms with Crippen molar-refractivity contribution in [3.05, 3.63) is 114 Å². The monoisotopic (exact) mass is 835 g/mol. The number of carbonyl (C=O) groups excluding carboxylic acids is 1. The summed E-state index contributed by atoms with van der Waals surface area (Å²) in [7, 11) is -1.32. The molecule has 0 spiro atoms. The zero-order chi connectivity index (χ0) is 42.0. The molecular formula is C44H47F2N9O4S. The van der Waals surface area contributed by atoms with Crippen molar-refractivity contribution >= 4 is 44.4 Å². The van der Waals surface area contributed by atoms with Crippen LogP contribution in [0.5, 0.6) is 5.75 Å². The summed E-state index contributed by atoms with van der Waals surface area (Å²) in [6, 6.07) is 22.2. The van der Waals surface area contributed by atoms with E-state index in [4.69, 9.17) is 14.7 Å². The number of aryl methyl sites for hydroxylation is 1.